The summed E-state index contributed by atoms with van der Waals surface area (Å²) in [6.45, 7) is 0.0682. The number of nitrogen functional groups attached to an aromatic ring is 1. The van der Waals surface area contributed by atoms with Crippen LogP contribution in [0.25, 0.3) is 0 Å². The first-order valence-corrected chi connectivity index (χ1v) is 5.69. The quantitative estimate of drug-likeness (QED) is 0.494. The second kappa shape index (κ2) is 6.40. The molecule has 0 aromatic heterocycles. The summed E-state index contributed by atoms with van der Waals surface area (Å²) in [5.74, 6) is -1.42. The van der Waals surface area contributed by atoms with Crippen molar-refractivity contribution in [3.8, 4) is 0 Å². The summed E-state index contributed by atoms with van der Waals surface area (Å²) in [4.78, 5) is 11.5. The lowest BCUT2D eigenvalue weighted by Gasteiger charge is -2.08. The van der Waals surface area contributed by atoms with E-state index in [0.717, 1.165) is 6.07 Å². The molecule has 0 saturated heterocycles. The van der Waals surface area contributed by atoms with Gasteiger partial charge in [0, 0.05) is 18.7 Å². The monoisotopic (exact) mass is 278 g/mol. The fraction of sp³-hybridized carbons (Fsp3) is 0.417. The van der Waals surface area contributed by atoms with Crippen LogP contribution in [0.15, 0.2) is 18.2 Å². The van der Waals surface area contributed by atoms with Crippen LogP contribution in [0.4, 0.5) is 23.2 Å². The molecule has 1 amide bonds. The molecule has 3 N–H and O–H groups in total. The predicted octanol–water partition coefficient (Wildman–Crippen LogP) is 2.87. The van der Waals surface area contributed by atoms with E-state index in [4.69, 9.17) is 5.73 Å². The molecule has 0 spiro atoms. The molecule has 0 fully saturated rings. The molecule has 0 heterocycles. The average molecular weight is 278 g/mol. The molecule has 0 aliphatic rings. The Hall–Kier alpha value is -1.79. The largest absolute Gasteiger partial charge is 0.399 e. The third kappa shape index (κ3) is 5.58. The summed E-state index contributed by atoms with van der Waals surface area (Å²) in [6, 6.07) is 3.62. The van der Waals surface area contributed by atoms with Crippen LogP contribution in [0.2, 0.25) is 0 Å². The Kier molecular flexibility index (Phi) is 5.14. The minimum Gasteiger partial charge on any atom is -0.399 e. The predicted molar refractivity (Wildman–Crippen MR) is 63.1 cm³/mol. The van der Waals surface area contributed by atoms with E-state index in [1.807, 2.05) is 0 Å². The number of amides is 1. The molecule has 0 atom stereocenters. The van der Waals surface area contributed by atoms with Crippen molar-refractivity contribution in [2.24, 2.45) is 0 Å². The van der Waals surface area contributed by atoms with Crippen molar-refractivity contribution < 1.29 is 22.4 Å². The van der Waals surface area contributed by atoms with Crippen molar-refractivity contribution in [1.82, 2.24) is 5.32 Å². The molecule has 19 heavy (non-hydrogen) atoms. The number of nitrogens with two attached hydrogens (primary N) is 1. The zero-order valence-electron chi connectivity index (χ0n) is 10.1. The highest BCUT2D eigenvalue weighted by Gasteiger charge is 2.25. The standard InChI is InChI=1S/C12H14F4N2O/c13-10-7-8(17)3-4-9(10)11(19)18-6-2-1-5-12(14,15)16/h3-4,7H,1-2,5-6,17H2,(H,18,19). The van der Waals surface area contributed by atoms with E-state index in [0.29, 0.717) is 0 Å². The molecule has 106 valence electrons. The van der Waals surface area contributed by atoms with Gasteiger partial charge in [0.1, 0.15) is 5.82 Å². The van der Waals surface area contributed by atoms with Crippen LogP contribution in [0, 0.1) is 5.82 Å². The zero-order valence-corrected chi connectivity index (χ0v) is 10.1. The van der Waals surface area contributed by atoms with Crippen molar-refractivity contribution in [3.05, 3.63) is 29.6 Å². The van der Waals surface area contributed by atoms with Crippen molar-refractivity contribution in [2.75, 3.05) is 12.3 Å². The highest BCUT2D eigenvalue weighted by molar-refractivity contribution is 5.94. The first-order chi connectivity index (χ1) is 8.79. The third-order valence-electron chi connectivity index (χ3n) is 2.41. The Balaban J connectivity index is 2.36. The average Bonchev–Trinajstić information content (AvgIpc) is 2.26. The van der Waals surface area contributed by atoms with E-state index < -0.39 is 24.3 Å². The van der Waals surface area contributed by atoms with Crippen LogP contribution in [0.3, 0.4) is 0 Å². The van der Waals surface area contributed by atoms with Gasteiger partial charge in [-0.1, -0.05) is 0 Å². The van der Waals surface area contributed by atoms with Gasteiger partial charge in [0.05, 0.1) is 5.56 Å². The minimum atomic E-state index is -4.19. The number of anilines is 1. The van der Waals surface area contributed by atoms with Crippen LogP contribution in [0.5, 0.6) is 0 Å². The number of alkyl halides is 3. The highest BCUT2D eigenvalue weighted by atomic mass is 19.4. The number of halogens is 4. The maximum Gasteiger partial charge on any atom is 0.389 e. The molecule has 1 rings (SSSR count). The van der Waals surface area contributed by atoms with Crippen molar-refractivity contribution in [3.63, 3.8) is 0 Å². The second-order valence-corrected chi connectivity index (χ2v) is 4.07. The number of hydrogen-bond acceptors (Lipinski definition) is 2. The molecule has 7 heteroatoms. The number of unbranched alkanes of at least 4 members (excludes halogenated alkanes) is 1. The van der Waals surface area contributed by atoms with Crippen LogP contribution < -0.4 is 11.1 Å². The summed E-state index contributed by atoms with van der Waals surface area (Å²) in [7, 11) is 0. The number of nitrogens with one attached hydrogen (secondary N) is 1. The number of benzene rings is 1. The Bertz CT molecular complexity index is 446. The molecule has 0 aliphatic carbocycles. The second-order valence-electron chi connectivity index (χ2n) is 4.07. The van der Waals surface area contributed by atoms with Gasteiger partial charge in [0.25, 0.3) is 5.91 Å². The van der Waals surface area contributed by atoms with E-state index in [1.54, 1.807) is 0 Å². The molecule has 0 saturated carbocycles. The Morgan fingerprint density at radius 1 is 1.26 bits per heavy atom. The van der Waals surface area contributed by atoms with Gasteiger partial charge in [-0.05, 0) is 31.0 Å². The van der Waals surface area contributed by atoms with Crippen LogP contribution in [-0.4, -0.2) is 18.6 Å². The summed E-state index contributed by atoms with van der Waals surface area (Å²) in [5.41, 5.74) is 5.35. The highest BCUT2D eigenvalue weighted by Crippen LogP contribution is 2.21. The fourth-order valence-corrected chi connectivity index (χ4v) is 1.46. The Labute approximate surface area is 107 Å². The van der Waals surface area contributed by atoms with Gasteiger partial charge in [0.2, 0.25) is 0 Å². The van der Waals surface area contributed by atoms with Crippen molar-refractivity contribution in [1.29, 1.82) is 0 Å². The number of carbonyl (C=O) groups excluding carboxylic acids is 1. The number of carbonyl (C=O) groups is 1. The van der Waals surface area contributed by atoms with E-state index in [9.17, 15) is 22.4 Å². The van der Waals surface area contributed by atoms with Gasteiger partial charge < -0.3 is 11.1 Å². The third-order valence-corrected chi connectivity index (χ3v) is 2.41. The molecule has 0 radical (unpaired) electrons. The molecular weight excluding hydrogens is 264 g/mol. The van der Waals surface area contributed by atoms with Gasteiger partial charge in [-0.3, -0.25) is 4.79 Å². The summed E-state index contributed by atoms with van der Waals surface area (Å²) in [5, 5.41) is 2.36. The molecule has 0 bridgehead atoms. The van der Waals surface area contributed by atoms with E-state index in [2.05, 4.69) is 5.32 Å². The van der Waals surface area contributed by atoms with Crippen LogP contribution in [-0.2, 0) is 0 Å². The first-order valence-electron chi connectivity index (χ1n) is 5.69. The van der Waals surface area contributed by atoms with E-state index in [1.165, 1.54) is 12.1 Å². The van der Waals surface area contributed by atoms with Crippen molar-refractivity contribution in [2.45, 2.75) is 25.4 Å². The maximum absolute atomic E-state index is 13.3. The van der Waals surface area contributed by atoms with Gasteiger partial charge >= 0.3 is 6.18 Å². The molecule has 0 unspecified atom stereocenters. The zero-order chi connectivity index (χ0) is 14.5. The normalized spacial score (nSPS) is 11.4. The molecule has 1 aromatic rings. The molecule has 0 aliphatic heterocycles. The van der Waals surface area contributed by atoms with Crippen LogP contribution >= 0.6 is 0 Å². The lowest BCUT2D eigenvalue weighted by atomic mass is 10.1. The van der Waals surface area contributed by atoms with Crippen LogP contribution in [0.1, 0.15) is 29.6 Å². The number of rotatable bonds is 5. The summed E-state index contributed by atoms with van der Waals surface area (Å²) in [6.07, 6.45) is -4.97. The van der Waals surface area contributed by atoms with E-state index >= 15 is 0 Å². The van der Waals surface area contributed by atoms with E-state index in [-0.39, 0.29) is 30.6 Å². The smallest absolute Gasteiger partial charge is 0.389 e. The Morgan fingerprint density at radius 2 is 1.95 bits per heavy atom. The SMILES string of the molecule is Nc1ccc(C(=O)NCCCCC(F)(F)F)c(F)c1. The van der Waals surface area contributed by atoms with Crippen molar-refractivity contribution >= 4 is 11.6 Å². The van der Waals surface area contributed by atoms with Gasteiger partial charge in [-0.15, -0.1) is 0 Å². The Morgan fingerprint density at radius 3 is 2.53 bits per heavy atom. The first kappa shape index (κ1) is 15.3. The molecular formula is C12H14F4N2O. The topological polar surface area (TPSA) is 55.1 Å². The molecule has 3 nitrogen and oxygen atoms in total. The minimum absolute atomic E-state index is 0.0682. The lowest BCUT2D eigenvalue weighted by molar-refractivity contribution is -0.135. The maximum atomic E-state index is 13.3. The van der Waals surface area contributed by atoms with Gasteiger partial charge in [-0.2, -0.15) is 13.2 Å². The molecule has 1 aromatic carbocycles. The summed E-state index contributed by atoms with van der Waals surface area (Å²) < 4.78 is 48.9. The fourth-order valence-electron chi connectivity index (χ4n) is 1.46. The summed E-state index contributed by atoms with van der Waals surface area (Å²) >= 11 is 0. The van der Waals surface area contributed by atoms with Gasteiger partial charge in [0.15, 0.2) is 0 Å². The van der Waals surface area contributed by atoms with Gasteiger partial charge in [-0.25, -0.2) is 4.39 Å². The lowest BCUT2D eigenvalue weighted by Crippen LogP contribution is -2.25. The number of hydrogen-bond donors (Lipinski definition) is 2.